The third-order valence-corrected chi connectivity index (χ3v) is 10.6. The highest BCUT2D eigenvalue weighted by molar-refractivity contribution is 5.91. The molecule has 0 amide bonds. The Kier molecular flexibility index (Phi) is 2.75. The van der Waals surface area contributed by atoms with E-state index in [1.54, 1.807) is 5.57 Å². The lowest BCUT2D eigenvalue weighted by Gasteiger charge is -2.58. The smallest absolute Gasteiger partial charge is 0.155 e. The minimum absolute atomic E-state index is 0.269. The molecule has 6 fully saturated rings. The number of hydrogen-bond acceptors (Lipinski definition) is 2. The second kappa shape index (κ2) is 4.67. The average Bonchev–Trinajstić information content (AvgIpc) is 3.56. The molecule has 5 unspecified atom stereocenters. The molecule has 140 valence electrons. The van der Waals surface area contributed by atoms with Crippen molar-refractivity contribution < 1.29 is 9.53 Å². The van der Waals surface area contributed by atoms with E-state index in [0.29, 0.717) is 11.2 Å². The van der Waals surface area contributed by atoms with E-state index in [9.17, 15) is 4.79 Å². The Labute approximate surface area is 157 Å². The molecular formula is C24H32O2. The topological polar surface area (TPSA) is 26.3 Å². The Morgan fingerprint density at radius 2 is 2.04 bits per heavy atom. The highest BCUT2D eigenvalue weighted by Crippen LogP contribution is 2.81. The van der Waals surface area contributed by atoms with Gasteiger partial charge in [-0.3, -0.25) is 4.79 Å². The highest BCUT2D eigenvalue weighted by Gasteiger charge is 2.79. The van der Waals surface area contributed by atoms with E-state index in [4.69, 9.17) is 4.74 Å². The lowest BCUT2D eigenvalue weighted by molar-refractivity contribution is -0.161. The molecule has 6 aliphatic carbocycles. The zero-order valence-corrected chi connectivity index (χ0v) is 16.1. The minimum atomic E-state index is 0.269. The maximum atomic E-state index is 12.1. The van der Waals surface area contributed by atoms with Crippen LogP contribution in [-0.2, 0) is 9.53 Å². The molecule has 0 aromatic heterocycles. The van der Waals surface area contributed by atoms with Gasteiger partial charge in [0.1, 0.15) is 0 Å². The molecular weight excluding hydrogens is 320 g/mol. The first-order chi connectivity index (χ1) is 12.7. The maximum Gasteiger partial charge on any atom is 0.155 e. The Bertz CT molecular complexity index is 716. The molecule has 5 saturated carbocycles. The maximum absolute atomic E-state index is 12.1. The molecule has 0 radical (unpaired) electrons. The first kappa shape index (κ1) is 15.3. The number of allylic oxidation sites excluding steroid dienone is 1. The predicted octanol–water partition coefficient (Wildman–Crippen LogP) is 4.78. The fraction of sp³-hybridized carbons (Fsp3) is 0.875. The quantitative estimate of drug-likeness (QED) is 0.679. The van der Waals surface area contributed by atoms with Crippen LogP contribution in [0.3, 0.4) is 0 Å². The zero-order valence-electron chi connectivity index (χ0n) is 16.1. The fourth-order valence-corrected chi connectivity index (χ4v) is 9.93. The van der Waals surface area contributed by atoms with Gasteiger partial charge in [-0.15, -0.1) is 0 Å². The van der Waals surface area contributed by atoms with E-state index >= 15 is 0 Å². The SMILES string of the molecule is CC[C@]12CCC3C4CCC(=O)C=C4[C@H]4C[C@H]4C3C1C1C[C@@H]1[C@@]21CCCO1. The van der Waals surface area contributed by atoms with Crippen LogP contribution < -0.4 is 0 Å². The molecule has 2 heteroatoms. The van der Waals surface area contributed by atoms with Crippen LogP contribution in [-0.4, -0.2) is 18.0 Å². The molecule has 0 aromatic rings. The Hall–Kier alpha value is -0.630. The van der Waals surface area contributed by atoms with E-state index in [1.807, 2.05) is 0 Å². The van der Waals surface area contributed by atoms with Gasteiger partial charge in [-0.2, -0.15) is 0 Å². The number of ketones is 1. The molecule has 0 bridgehead atoms. The largest absolute Gasteiger partial charge is 0.374 e. The van der Waals surface area contributed by atoms with Crippen molar-refractivity contribution in [1.29, 1.82) is 0 Å². The second-order valence-corrected chi connectivity index (χ2v) is 10.9. The summed E-state index contributed by atoms with van der Waals surface area (Å²) in [6.45, 7) is 3.51. The van der Waals surface area contributed by atoms with Gasteiger partial charge in [0.05, 0.1) is 5.60 Å². The first-order valence-corrected chi connectivity index (χ1v) is 11.6. The number of ether oxygens (including phenoxy) is 1. The summed E-state index contributed by atoms with van der Waals surface area (Å²) in [5.74, 6) is 7.56. The summed E-state index contributed by atoms with van der Waals surface area (Å²) >= 11 is 0. The molecule has 0 N–H and O–H groups in total. The van der Waals surface area contributed by atoms with Crippen molar-refractivity contribution in [1.82, 2.24) is 0 Å². The van der Waals surface area contributed by atoms with Gasteiger partial charge in [-0.25, -0.2) is 0 Å². The van der Waals surface area contributed by atoms with Gasteiger partial charge in [0.2, 0.25) is 0 Å². The molecule has 2 nitrogen and oxygen atoms in total. The van der Waals surface area contributed by atoms with Crippen LogP contribution in [0.4, 0.5) is 0 Å². The Balaban J connectivity index is 1.33. The van der Waals surface area contributed by atoms with Crippen molar-refractivity contribution in [2.24, 2.45) is 52.8 Å². The van der Waals surface area contributed by atoms with Crippen LogP contribution in [0.15, 0.2) is 11.6 Å². The predicted molar refractivity (Wildman–Crippen MR) is 99.4 cm³/mol. The van der Waals surface area contributed by atoms with Gasteiger partial charge in [0.25, 0.3) is 0 Å². The number of fused-ring (bicyclic) bond motifs is 12. The van der Waals surface area contributed by atoms with Crippen molar-refractivity contribution in [3.63, 3.8) is 0 Å². The summed E-state index contributed by atoms with van der Waals surface area (Å²) < 4.78 is 6.71. The lowest BCUT2D eigenvalue weighted by Crippen LogP contribution is -2.56. The van der Waals surface area contributed by atoms with Crippen LogP contribution in [0.25, 0.3) is 0 Å². The molecule has 7 aliphatic rings. The summed E-state index contributed by atoms with van der Waals surface area (Å²) in [4.78, 5) is 12.1. The molecule has 7 rings (SSSR count). The highest BCUT2D eigenvalue weighted by atomic mass is 16.5. The Morgan fingerprint density at radius 1 is 1.12 bits per heavy atom. The van der Waals surface area contributed by atoms with Crippen LogP contribution >= 0.6 is 0 Å². The normalized spacial score (nSPS) is 61.3. The van der Waals surface area contributed by atoms with Crippen LogP contribution in [0.1, 0.15) is 64.7 Å². The summed E-state index contributed by atoms with van der Waals surface area (Å²) in [7, 11) is 0. The van der Waals surface area contributed by atoms with E-state index in [0.717, 1.165) is 66.8 Å². The van der Waals surface area contributed by atoms with E-state index in [1.165, 1.54) is 44.9 Å². The Morgan fingerprint density at radius 3 is 2.85 bits per heavy atom. The molecule has 0 aromatic carbocycles. The van der Waals surface area contributed by atoms with E-state index in [-0.39, 0.29) is 5.60 Å². The van der Waals surface area contributed by atoms with Gasteiger partial charge >= 0.3 is 0 Å². The lowest BCUT2D eigenvalue weighted by atomic mass is 9.47. The summed E-state index contributed by atoms with van der Waals surface area (Å²) in [6.07, 6.45) is 13.8. The number of hydrogen-bond donors (Lipinski definition) is 0. The molecule has 1 aliphatic heterocycles. The van der Waals surface area contributed by atoms with Crippen molar-refractivity contribution in [2.45, 2.75) is 70.3 Å². The van der Waals surface area contributed by atoms with Crippen molar-refractivity contribution in [3.05, 3.63) is 11.6 Å². The second-order valence-electron chi connectivity index (χ2n) is 10.9. The minimum Gasteiger partial charge on any atom is -0.374 e. The van der Waals surface area contributed by atoms with Gasteiger partial charge < -0.3 is 4.74 Å². The molecule has 10 atom stereocenters. The fourth-order valence-electron chi connectivity index (χ4n) is 9.93. The third-order valence-electron chi connectivity index (χ3n) is 10.6. The van der Waals surface area contributed by atoms with Crippen molar-refractivity contribution in [2.75, 3.05) is 6.61 Å². The van der Waals surface area contributed by atoms with Gasteiger partial charge in [-0.1, -0.05) is 12.5 Å². The van der Waals surface area contributed by atoms with Gasteiger partial charge in [0.15, 0.2) is 5.78 Å². The summed E-state index contributed by atoms with van der Waals surface area (Å²) in [5, 5.41) is 0. The number of rotatable bonds is 1. The van der Waals surface area contributed by atoms with E-state index < -0.39 is 0 Å². The third kappa shape index (κ3) is 1.53. The van der Waals surface area contributed by atoms with Gasteiger partial charge in [0, 0.05) is 18.4 Å². The van der Waals surface area contributed by atoms with Gasteiger partial charge in [-0.05, 0) is 105 Å². The number of carbonyl (C=O) groups is 1. The molecule has 1 spiro atoms. The molecule has 1 saturated heterocycles. The standard InChI is InChI=1S/C24H32O2/c1-2-23-8-6-15-14-5-4-13(25)10-16(14)17-11-18(17)21(15)22(23)19-12-20(19)24(23)7-3-9-26-24/h10,14-15,17-22H,2-9,11-12H2,1H3/t14?,15?,17-,18-,19?,20+,21?,22?,23+,24+/m1/s1. The molecule has 26 heavy (non-hydrogen) atoms. The van der Waals surface area contributed by atoms with Crippen LogP contribution in [0.5, 0.6) is 0 Å². The molecule has 1 heterocycles. The summed E-state index contributed by atoms with van der Waals surface area (Å²) in [6, 6.07) is 0. The number of carbonyl (C=O) groups excluding carboxylic acids is 1. The summed E-state index contributed by atoms with van der Waals surface area (Å²) in [5.41, 5.74) is 2.37. The van der Waals surface area contributed by atoms with Crippen molar-refractivity contribution >= 4 is 5.78 Å². The van der Waals surface area contributed by atoms with Crippen molar-refractivity contribution in [3.8, 4) is 0 Å². The van der Waals surface area contributed by atoms with Crippen LogP contribution in [0, 0.1) is 52.8 Å². The monoisotopic (exact) mass is 352 g/mol. The van der Waals surface area contributed by atoms with E-state index in [2.05, 4.69) is 13.0 Å². The first-order valence-electron chi connectivity index (χ1n) is 11.6. The zero-order chi connectivity index (χ0) is 17.3. The average molecular weight is 353 g/mol. The van der Waals surface area contributed by atoms with Crippen LogP contribution in [0.2, 0.25) is 0 Å².